The molecule has 1 aliphatic carbocycles. The number of benzene rings is 2. The van der Waals surface area contributed by atoms with Gasteiger partial charge in [-0.25, -0.2) is 9.18 Å². The third-order valence-corrected chi connectivity index (χ3v) is 6.03. The number of hydrogen-bond donors (Lipinski definition) is 2. The number of alkyl carbamates (subject to hydrolysis) is 1. The van der Waals surface area contributed by atoms with Crippen molar-refractivity contribution in [2.45, 2.75) is 64.2 Å². The highest BCUT2D eigenvalue weighted by molar-refractivity contribution is 6.31. The number of halogens is 2. The van der Waals surface area contributed by atoms with Crippen molar-refractivity contribution >= 4 is 29.3 Å². The minimum Gasteiger partial charge on any atom is -0.487 e. The van der Waals surface area contributed by atoms with Crippen LogP contribution in [0.2, 0.25) is 5.02 Å². The molecule has 2 aromatic rings. The lowest BCUT2D eigenvalue weighted by Crippen LogP contribution is -2.42. The van der Waals surface area contributed by atoms with Crippen LogP contribution in [0, 0.1) is 5.82 Å². The average molecular weight is 567 g/mol. The van der Waals surface area contributed by atoms with Gasteiger partial charge in [0.25, 0.3) is 5.91 Å². The summed E-state index contributed by atoms with van der Waals surface area (Å²) in [5.41, 5.74) is -0.135. The standard InChI is InChI=1S/C28H36ClFN2O7/c1-28(2,3)39-27(34)32-19-6-9-21(10-7-19)38-25-12-8-20(16-23(25)30)31-26(33)22-15-18(29)5-11-24(22)37-17-36-14-13-35-4/h5,8,11-12,15-16,19,21H,6-7,9-10,13-14,17H2,1-4H3,(H,31,33)(H,32,34). The summed E-state index contributed by atoms with van der Waals surface area (Å²) in [5.74, 6) is -0.757. The molecule has 214 valence electrons. The van der Waals surface area contributed by atoms with E-state index in [1.807, 2.05) is 20.8 Å². The van der Waals surface area contributed by atoms with E-state index in [1.54, 1.807) is 25.3 Å². The van der Waals surface area contributed by atoms with Crippen molar-refractivity contribution in [2.75, 3.05) is 32.4 Å². The second kappa shape index (κ2) is 14.3. The Kier molecular flexibility index (Phi) is 11.2. The Morgan fingerprint density at radius 3 is 2.41 bits per heavy atom. The molecule has 0 aliphatic heterocycles. The van der Waals surface area contributed by atoms with E-state index in [9.17, 15) is 14.0 Å². The van der Waals surface area contributed by atoms with Crippen LogP contribution in [0.4, 0.5) is 14.9 Å². The lowest BCUT2D eigenvalue weighted by Gasteiger charge is -2.30. The molecule has 11 heteroatoms. The Morgan fingerprint density at radius 1 is 1.03 bits per heavy atom. The van der Waals surface area contributed by atoms with Gasteiger partial charge in [-0.3, -0.25) is 4.79 Å². The molecule has 3 rings (SSSR count). The third kappa shape index (κ3) is 10.2. The smallest absolute Gasteiger partial charge is 0.407 e. The van der Waals surface area contributed by atoms with Gasteiger partial charge in [-0.2, -0.15) is 0 Å². The molecular formula is C28H36ClFN2O7. The molecule has 0 bridgehead atoms. The van der Waals surface area contributed by atoms with Crippen LogP contribution in [-0.2, 0) is 14.2 Å². The number of anilines is 1. The zero-order chi connectivity index (χ0) is 28.4. The number of nitrogens with one attached hydrogen (secondary N) is 2. The summed E-state index contributed by atoms with van der Waals surface area (Å²) >= 11 is 6.08. The Bertz CT molecular complexity index is 1120. The fraction of sp³-hybridized carbons (Fsp3) is 0.500. The highest BCUT2D eigenvalue weighted by Gasteiger charge is 2.26. The SMILES string of the molecule is COCCOCOc1ccc(Cl)cc1C(=O)Nc1ccc(OC2CCC(NC(=O)OC(C)(C)C)CC2)c(F)c1. The van der Waals surface area contributed by atoms with Crippen molar-refractivity contribution in [3.8, 4) is 11.5 Å². The predicted octanol–water partition coefficient (Wildman–Crippen LogP) is 5.95. The fourth-order valence-electron chi connectivity index (χ4n) is 3.96. The van der Waals surface area contributed by atoms with Gasteiger partial charge < -0.3 is 34.3 Å². The first-order chi connectivity index (χ1) is 18.5. The maximum absolute atomic E-state index is 14.9. The Labute approximate surface area is 233 Å². The van der Waals surface area contributed by atoms with Crippen molar-refractivity contribution in [1.82, 2.24) is 5.32 Å². The van der Waals surface area contributed by atoms with Gasteiger partial charge in [0, 0.05) is 29.9 Å². The van der Waals surface area contributed by atoms with E-state index in [2.05, 4.69) is 10.6 Å². The zero-order valence-electron chi connectivity index (χ0n) is 22.7. The van der Waals surface area contributed by atoms with Gasteiger partial charge in [0.1, 0.15) is 11.4 Å². The molecule has 2 aromatic carbocycles. The van der Waals surface area contributed by atoms with Crippen LogP contribution in [0.15, 0.2) is 36.4 Å². The molecule has 9 nitrogen and oxygen atoms in total. The second-order valence-corrected chi connectivity index (χ2v) is 10.6. The van der Waals surface area contributed by atoms with E-state index < -0.39 is 23.4 Å². The number of amides is 2. The zero-order valence-corrected chi connectivity index (χ0v) is 23.4. The van der Waals surface area contributed by atoms with Crippen molar-refractivity contribution < 1.29 is 37.7 Å². The predicted molar refractivity (Wildman–Crippen MR) is 145 cm³/mol. The number of ether oxygens (including phenoxy) is 5. The van der Waals surface area contributed by atoms with Crippen molar-refractivity contribution in [3.05, 3.63) is 52.8 Å². The first kappa shape index (κ1) is 30.5. The maximum atomic E-state index is 14.9. The first-order valence-corrected chi connectivity index (χ1v) is 13.2. The number of rotatable bonds is 11. The number of methoxy groups -OCH3 is 1. The Morgan fingerprint density at radius 2 is 1.74 bits per heavy atom. The Hall–Kier alpha value is -3.08. The van der Waals surface area contributed by atoms with E-state index >= 15 is 0 Å². The molecule has 0 saturated heterocycles. The normalized spacial score (nSPS) is 17.3. The summed E-state index contributed by atoms with van der Waals surface area (Å²) < 4.78 is 41.8. The maximum Gasteiger partial charge on any atom is 0.407 e. The average Bonchev–Trinajstić information content (AvgIpc) is 2.86. The van der Waals surface area contributed by atoms with Gasteiger partial charge in [-0.1, -0.05) is 11.6 Å². The minimum atomic E-state index is -0.601. The quantitative estimate of drug-likeness (QED) is 0.256. The summed E-state index contributed by atoms with van der Waals surface area (Å²) in [6.07, 6.45) is 2.08. The summed E-state index contributed by atoms with van der Waals surface area (Å²) in [6.45, 7) is 6.11. The minimum absolute atomic E-state index is 0.0144. The van der Waals surface area contributed by atoms with Crippen LogP contribution in [0.5, 0.6) is 11.5 Å². The molecule has 0 spiro atoms. The molecular weight excluding hydrogens is 531 g/mol. The van der Waals surface area contributed by atoms with Crippen LogP contribution < -0.4 is 20.1 Å². The molecule has 2 N–H and O–H groups in total. The summed E-state index contributed by atoms with van der Waals surface area (Å²) in [6, 6.07) is 8.84. The van der Waals surface area contributed by atoms with E-state index in [-0.39, 0.29) is 41.7 Å². The summed E-state index contributed by atoms with van der Waals surface area (Å²) in [4.78, 5) is 24.9. The third-order valence-electron chi connectivity index (χ3n) is 5.79. The van der Waals surface area contributed by atoms with Gasteiger partial charge in [-0.05, 0) is 76.8 Å². The molecule has 0 heterocycles. The summed E-state index contributed by atoms with van der Waals surface area (Å²) in [5, 5.41) is 5.89. The topological polar surface area (TPSA) is 104 Å². The van der Waals surface area contributed by atoms with E-state index in [4.69, 9.17) is 35.3 Å². The van der Waals surface area contributed by atoms with Gasteiger partial charge in [0.2, 0.25) is 0 Å². The van der Waals surface area contributed by atoms with Crippen molar-refractivity contribution in [1.29, 1.82) is 0 Å². The van der Waals surface area contributed by atoms with Crippen molar-refractivity contribution in [3.63, 3.8) is 0 Å². The molecule has 1 aliphatic rings. The van der Waals surface area contributed by atoms with Crippen LogP contribution in [-0.4, -0.2) is 56.9 Å². The molecule has 0 unspecified atom stereocenters. The van der Waals surface area contributed by atoms with Crippen LogP contribution in [0.3, 0.4) is 0 Å². The first-order valence-electron chi connectivity index (χ1n) is 12.8. The fourth-order valence-corrected chi connectivity index (χ4v) is 4.14. The number of carbonyl (C=O) groups excluding carboxylic acids is 2. The lowest BCUT2D eigenvalue weighted by atomic mass is 9.93. The highest BCUT2D eigenvalue weighted by Crippen LogP contribution is 2.29. The number of hydrogen-bond acceptors (Lipinski definition) is 7. The lowest BCUT2D eigenvalue weighted by molar-refractivity contribution is -0.00872. The van der Waals surface area contributed by atoms with E-state index in [0.717, 1.165) is 0 Å². The molecule has 1 saturated carbocycles. The molecule has 0 atom stereocenters. The molecule has 2 amide bonds. The Balaban J connectivity index is 1.53. The van der Waals surface area contributed by atoms with Gasteiger partial charge in [0.05, 0.1) is 24.9 Å². The monoisotopic (exact) mass is 566 g/mol. The van der Waals surface area contributed by atoms with Crippen molar-refractivity contribution in [2.24, 2.45) is 0 Å². The van der Waals surface area contributed by atoms with E-state index in [1.165, 1.54) is 18.2 Å². The largest absolute Gasteiger partial charge is 0.487 e. The highest BCUT2D eigenvalue weighted by atomic mass is 35.5. The van der Waals surface area contributed by atoms with Gasteiger partial charge in [-0.15, -0.1) is 0 Å². The molecule has 0 radical (unpaired) electrons. The number of carbonyl (C=O) groups is 2. The van der Waals surface area contributed by atoms with Gasteiger partial charge >= 0.3 is 6.09 Å². The van der Waals surface area contributed by atoms with Gasteiger partial charge in [0.15, 0.2) is 18.4 Å². The van der Waals surface area contributed by atoms with E-state index in [0.29, 0.717) is 43.9 Å². The van der Waals surface area contributed by atoms with Crippen LogP contribution >= 0.6 is 11.6 Å². The summed E-state index contributed by atoms with van der Waals surface area (Å²) in [7, 11) is 1.56. The molecule has 1 fully saturated rings. The molecule has 0 aromatic heterocycles. The molecule has 39 heavy (non-hydrogen) atoms. The van der Waals surface area contributed by atoms with Crippen LogP contribution in [0.25, 0.3) is 0 Å². The second-order valence-electron chi connectivity index (χ2n) is 10.1. The van der Waals surface area contributed by atoms with Crippen LogP contribution in [0.1, 0.15) is 56.8 Å².